The summed E-state index contributed by atoms with van der Waals surface area (Å²) in [6.07, 6.45) is 0. The molecule has 0 heterocycles. The maximum absolute atomic E-state index is 13.1. The van der Waals surface area contributed by atoms with Crippen molar-refractivity contribution < 1.29 is 14.1 Å². The molecule has 0 aliphatic rings. The van der Waals surface area contributed by atoms with Crippen LogP contribution in [0.4, 0.5) is 10.1 Å². The van der Waals surface area contributed by atoms with Gasteiger partial charge in [-0.05, 0) is 27.7 Å². The maximum Gasteiger partial charge on any atom is 0.315 e. The lowest BCUT2D eigenvalue weighted by Crippen LogP contribution is -2.23. The molecule has 0 radical (unpaired) electrons. The lowest BCUT2D eigenvalue weighted by atomic mass is 9.98. The van der Waals surface area contributed by atoms with Crippen molar-refractivity contribution in [3.8, 4) is 5.75 Å². The van der Waals surface area contributed by atoms with Gasteiger partial charge in [0.05, 0.1) is 22.1 Å². The van der Waals surface area contributed by atoms with E-state index >= 15 is 0 Å². The van der Waals surface area contributed by atoms with E-state index in [4.69, 9.17) is 4.74 Å². The van der Waals surface area contributed by atoms with Crippen molar-refractivity contribution in [2.45, 2.75) is 13.8 Å². The van der Waals surface area contributed by atoms with Crippen molar-refractivity contribution in [2.24, 2.45) is 5.41 Å². The maximum atomic E-state index is 13.1. The van der Waals surface area contributed by atoms with Gasteiger partial charge in [0.15, 0.2) is 0 Å². The molecule has 1 aromatic carbocycles. The average Bonchev–Trinajstić information content (AvgIpc) is 2.26. The van der Waals surface area contributed by atoms with Crippen LogP contribution in [0.1, 0.15) is 13.8 Å². The summed E-state index contributed by atoms with van der Waals surface area (Å²) in [5, 5.41) is 10.8. The van der Waals surface area contributed by atoms with Crippen molar-refractivity contribution in [2.75, 3.05) is 12.4 Å². The summed E-state index contributed by atoms with van der Waals surface area (Å²) in [5.41, 5.74) is -0.623. The largest absolute Gasteiger partial charge is 0.485 e. The van der Waals surface area contributed by atoms with E-state index in [2.05, 4.69) is 28.6 Å². The molecule has 0 aliphatic carbocycles. The molecule has 0 unspecified atom stereocenters. The first-order chi connectivity index (χ1) is 8.26. The van der Waals surface area contributed by atoms with Crippen LogP contribution in [0.15, 0.2) is 16.6 Å². The number of nitro groups is 1. The molecule has 0 aromatic heterocycles. The van der Waals surface area contributed by atoms with E-state index in [1.165, 1.54) is 0 Å². The summed E-state index contributed by atoms with van der Waals surface area (Å²) in [6, 6.07) is 1.98. The first-order valence-corrected chi connectivity index (χ1v) is 6.56. The van der Waals surface area contributed by atoms with Gasteiger partial charge in [0.1, 0.15) is 5.82 Å². The van der Waals surface area contributed by atoms with E-state index in [0.29, 0.717) is 5.75 Å². The SMILES string of the molecule is CC(C)(CS)COc1c(Br)cc(F)cc1[N+](=O)[O-]. The lowest BCUT2D eigenvalue weighted by molar-refractivity contribution is -0.386. The van der Waals surface area contributed by atoms with Crippen LogP contribution < -0.4 is 4.74 Å². The molecule has 1 aromatic rings. The molecule has 0 atom stereocenters. The van der Waals surface area contributed by atoms with Gasteiger partial charge in [-0.3, -0.25) is 10.1 Å². The fourth-order valence-corrected chi connectivity index (χ4v) is 1.77. The standard InChI is InChI=1S/C11H13BrFNO3S/c1-11(2,6-18)5-17-10-8(12)3-7(13)4-9(10)14(15)16/h3-4,18H,5-6H2,1-2H3. The van der Waals surface area contributed by atoms with E-state index in [1.807, 2.05) is 13.8 Å². The second-order valence-corrected chi connectivity index (χ2v) is 5.77. The average molecular weight is 338 g/mol. The van der Waals surface area contributed by atoms with Crippen LogP contribution in [-0.4, -0.2) is 17.3 Å². The van der Waals surface area contributed by atoms with Gasteiger partial charge in [0.25, 0.3) is 0 Å². The highest BCUT2D eigenvalue weighted by Crippen LogP contribution is 2.37. The Kier molecular flexibility index (Phi) is 4.98. The minimum absolute atomic E-state index is 0.0382. The molecule has 7 heteroatoms. The van der Waals surface area contributed by atoms with Crippen LogP contribution in [0.2, 0.25) is 0 Å². The fourth-order valence-electron chi connectivity index (χ4n) is 1.14. The van der Waals surface area contributed by atoms with Crippen molar-refractivity contribution in [3.63, 3.8) is 0 Å². The number of rotatable bonds is 5. The number of nitrogens with zero attached hydrogens (tertiary/aromatic N) is 1. The summed E-state index contributed by atoms with van der Waals surface area (Å²) in [7, 11) is 0. The van der Waals surface area contributed by atoms with Gasteiger partial charge in [-0.25, -0.2) is 4.39 Å². The van der Waals surface area contributed by atoms with Crippen LogP contribution >= 0.6 is 28.6 Å². The third kappa shape index (κ3) is 3.84. The topological polar surface area (TPSA) is 52.4 Å². The Morgan fingerprint density at radius 3 is 2.67 bits per heavy atom. The summed E-state index contributed by atoms with van der Waals surface area (Å²) in [4.78, 5) is 10.2. The number of halogens is 2. The molecule has 0 amide bonds. The molecular weight excluding hydrogens is 325 g/mol. The second-order valence-electron chi connectivity index (χ2n) is 4.60. The Labute approximate surface area is 118 Å². The van der Waals surface area contributed by atoms with Gasteiger partial charge >= 0.3 is 5.69 Å². The Hall–Kier alpha value is -0.820. The molecule has 100 valence electrons. The molecule has 0 saturated heterocycles. The van der Waals surface area contributed by atoms with Crippen LogP contribution in [-0.2, 0) is 0 Å². The minimum atomic E-state index is -0.686. The summed E-state index contributed by atoms with van der Waals surface area (Å²) in [6.45, 7) is 4.09. The zero-order valence-electron chi connectivity index (χ0n) is 9.94. The molecule has 0 spiro atoms. The number of ether oxygens (including phenoxy) is 1. The number of hydrogen-bond donors (Lipinski definition) is 1. The van der Waals surface area contributed by atoms with Crippen molar-refractivity contribution in [1.29, 1.82) is 0 Å². The van der Waals surface area contributed by atoms with Gasteiger partial charge in [-0.2, -0.15) is 12.6 Å². The molecule has 0 aliphatic heterocycles. The summed E-state index contributed by atoms with van der Waals surface area (Å²) in [5.74, 6) is -0.0785. The second kappa shape index (κ2) is 5.88. The lowest BCUT2D eigenvalue weighted by Gasteiger charge is -2.22. The summed E-state index contributed by atoms with van der Waals surface area (Å²) < 4.78 is 18.8. The molecule has 0 bridgehead atoms. The van der Waals surface area contributed by atoms with Gasteiger partial charge in [-0.15, -0.1) is 0 Å². The molecule has 4 nitrogen and oxygen atoms in total. The zero-order valence-corrected chi connectivity index (χ0v) is 12.4. The molecule has 0 fully saturated rings. The Bertz CT molecular complexity index is 468. The van der Waals surface area contributed by atoms with Crippen LogP contribution in [0.3, 0.4) is 0 Å². The first-order valence-electron chi connectivity index (χ1n) is 5.14. The molecule has 18 heavy (non-hydrogen) atoms. The van der Waals surface area contributed by atoms with Gasteiger partial charge < -0.3 is 4.74 Å². The Morgan fingerprint density at radius 1 is 1.56 bits per heavy atom. The predicted molar refractivity (Wildman–Crippen MR) is 73.9 cm³/mol. The fraction of sp³-hybridized carbons (Fsp3) is 0.455. The van der Waals surface area contributed by atoms with E-state index in [0.717, 1.165) is 12.1 Å². The van der Waals surface area contributed by atoms with Crippen molar-refractivity contribution in [3.05, 3.63) is 32.5 Å². The normalized spacial score (nSPS) is 11.4. The van der Waals surface area contributed by atoms with Gasteiger partial charge in [-0.1, -0.05) is 13.8 Å². The highest BCUT2D eigenvalue weighted by Gasteiger charge is 2.24. The number of thiol groups is 1. The Balaban J connectivity index is 3.04. The van der Waals surface area contributed by atoms with Crippen molar-refractivity contribution >= 4 is 34.2 Å². The van der Waals surface area contributed by atoms with Gasteiger partial charge in [0.2, 0.25) is 5.75 Å². The number of benzene rings is 1. The number of hydrogen-bond acceptors (Lipinski definition) is 4. The quantitative estimate of drug-likeness (QED) is 0.504. The Morgan fingerprint density at radius 2 is 2.17 bits per heavy atom. The van der Waals surface area contributed by atoms with E-state index in [1.54, 1.807) is 0 Å². The third-order valence-corrected chi connectivity index (χ3v) is 3.67. The van der Waals surface area contributed by atoms with E-state index < -0.39 is 16.4 Å². The molecule has 1 rings (SSSR count). The third-order valence-electron chi connectivity index (χ3n) is 2.22. The van der Waals surface area contributed by atoms with E-state index in [-0.39, 0.29) is 22.2 Å². The monoisotopic (exact) mass is 337 g/mol. The van der Waals surface area contributed by atoms with E-state index in [9.17, 15) is 14.5 Å². The molecule has 0 N–H and O–H groups in total. The highest BCUT2D eigenvalue weighted by atomic mass is 79.9. The zero-order chi connectivity index (χ0) is 13.9. The smallest absolute Gasteiger partial charge is 0.315 e. The van der Waals surface area contributed by atoms with Crippen LogP contribution in [0, 0.1) is 21.3 Å². The van der Waals surface area contributed by atoms with Crippen LogP contribution in [0.25, 0.3) is 0 Å². The van der Waals surface area contributed by atoms with Crippen LogP contribution in [0.5, 0.6) is 5.75 Å². The highest BCUT2D eigenvalue weighted by molar-refractivity contribution is 9.10. The minimum Gasteiger partial charge on any atom is -0.485 e. The molecular formula is C11H13BrFNO3S. The van der Waals surface area contributed by atoms with Crippen molar-refractivity contribution in [1.82, 2.24) is 0 Å². The molecule has 0 saturated carbocycles. The first kappa shape index (κ1) is 15.2. The predicted octanol–water partition coefficient (Wildman–Crippen LogP) is 3.83. The van der Waals surface area contributed by atoms with Gasteiger partial charge in [0, 0.05) is 5.41 Å². The number of nitro benzene ring substituents is 1. The summed E-state index contributed by atoms with van der Waals surface area (Å²) >= 11 is 7.24.